The standard InChI is InChI=1S/C20H13N2.C19H13N2.C18H12NS.C17H10NS.C12H11N2.C12H10N.C11H8N.C5H8O2.2CH4.2Ir/c1-2-9-16-14(7-1)15-8-5-6-13-12-21-17-10-3-4-11-18(17)22(16)20(21)19(13)15;1-3-9-15(10-4-1)19-20-17-13-7-8-14-18(17)21(19)16-11-5-2-6-12-16;1-2-7-16-13(5-1)14-9-8-12-11-19-10-4-3-6-15(19)17(12)18(14)20-16;1-2-10-16-12(6-1)13-7-5-8-14(17(13)19-16)15-9-3-4-11-18-15;1-9-6-7-14-8-10-4-2-3-5-11(10)12(14)13-9;1-2-6-11-10(5-1)9-13-8-4-3-7-12(11)13;1-2-6-10(7-3-1)11-8-4-5-9-12-11;1-4(6)3-5(2)7;;;;/h1-11H,12H2;1-9,11-14H;1-10H,11H2;1-7,9-11H;2-7H,8H2,1H3;1-8H,9H2;1-6,8-9H;3,6H,1-2H3;2*1H4;;/q+1;-1;+1;-1;2*+1;-1;;;;;/i;;;;;1D,2D,3D,4D,5D,6D,7D;;;;;;. The van der Waals surface area contributed by atoms with Crippen LogP contribution >= 0.6 is 22.7 Å². The van der Waals surface area contributed by atoms with Gasteiger partial charge in [-0.15, -0.1) is 107 Å². The Bertz CT molecular complexity index is 8530. The number of nitrogens with zero attached hydrogens (tertiary/aromatic N) is 10. The van der Waals surface area contributed by atoms with Crippen molar-refractivity contribution in [1.29, 1.82) is 0 Å². The Morgan fingerprint density at radius 2 is 1.05 bits per heavy atom. The third kappa shape index (κ3) is 18.4. The van der Waals surface area contributed by atoms with Crippen LogP contribution in [0.15, 0.2) is 413 Å². The van der Waals surface area contributed by atoms with E-state index in [9.17, 15) is 4.79 Å². The summed E-state index contributed by atoms with van der Waals surface area (Å²) in [6, 6.07) is 122. The molecule has 1 N–H and O–H groups in total. The Hall–Kier alpha value is -14.6. The van der Waals surface area contributed by atoms with Crippen molar-refractivity contribution >= 4 is 118 Å². The number of carbonyl (C=O) groups excluding carboxylic acids is 1. The van der Waals surface area contributed by atoms with E-state index < -0.39 is 0 Å². The molecule has 0 amide bonds. The molecule has 0 spiro atoms. The van der Waals surface area contributed by atoms with Crippen LogP contribution in [-0.2, 0) is 71.2 Å². The number of hydrogen-bond donors (Lipinski definition) is 1. The van der Waals surface area contributed by atoms with Crippen LogP contribution in [0.1, 0.15) is 66.2 Å². The summed E-state index contributed by atoms with van der Waals surface area (Å²) >= 11 is 3.73. The third-order valence-electron chi connectivity index (χ3n) is 22.8. The fourth-order valence-corrected chi connectivity index (χ4v) is 19.7. The van der Waals surface area contributed by atoms with Gasteiger partial charge in [0, 0.05) is 159 Å². The molecule has 10 aromatic heterocycles. The van der Waals surface area contributed by atoms with Gasteiger partial charge in [-0.05, 0) is 131 Å². The van der Waals surface area contributed by atoms with E-state index in [4.69, 9.17) is 19.7 Å². The first kappa shape index (κ1) is 81.9. The fraction of sp³-hybridized carbons (Fsp3) is 0.0776. The second-order valence-electron chi connectivity index (χ2n) is 31.1. The second-order valence-corrected chi connectivity index (χ2v) is 33.2. The van der Waals surface area contributed by atoms with E-state index in [1.54, 1.807) is 10.8 Å². The average molecular weight is 2110 g/mol. The number of aliphatic hydroxyl groups excluding tert-OH is 1. The van der Waals surface area contributed by atoms with Gasteiger partial charge in [0.25, 0.3) is 5.65 Å². The van der Waals surface area contributed by atoms with Gasteiger partial charge < -0.3 is 19.6 Å². The van der Waals surface area contributed by atoms with E-state index in [-0.39, 0.29) is 127 Å². The van der Waals surface area contributed by atoms with Gasteiger partial charge >= 0.3 is 5.82 Å². The number of rotatable bonds is 5. The van der Waals surface area contributed by atoms with Crippen molar-refractivity contribution in [1.82, 2.24) is 28.9 Å². The summed E-state index contributed by atoms with van der Waals surface area (Å²) in [7, 11) is 0. The summed E-state index contributed by atoms with van der Waals surface area (Å²) in [6.45, 7) is 8.00. The van der Waals surface area contributed by atoms with E-state index in [2.05, 4.69) is 268 Å². The maximum Gasteiger partial charge on any atom is 0.331 e. The van der Waals surface area contributed by atoms with Crippen molar-refractivity contribution in [2.45, 2.75) is 61.8 Å². The molecule has 16 heteroatoms. The minimum absolute atomic E-state index is 0. The number of benzene rings is 13. The van der Waals surface area contributed by atoms with Crippen LogP contribution in [0.25, 0.3) is 163 Å². The molecule has 12 nitrogen and oxygen atoms in total. The average Bonchev–Trinajstić information content (AvgIpc) is 1.53. The maximum atomic E-state index is 10.0. The number of imidazole rings is 2. The molecule has 14 heterocycles. The molecule has 13 aromatic carbocycles. The van der Waals surface area contributed by atoms with Gasteiger partial charge in [-0.25, -0.2) is 9.13 Å². The Labute approximate surface area is 813 Å². The summed E-state index contributed by atoms with van der Waals surface area (Å²) in [4.78, 5) is 28.0. The molecular weight excluding hydrogens is 2010 g/mol. The van der Waals surface area contributed by atoms with Crippen LogP contribution in [0.3, 0.4) is 0 Å². The van der Waals surface area contributed by atoms with E-state index in [1.807, 2.05) is 163 Å². The molecule has 4 aliphatic heterocycles. The van der Waals surface area contributed by atoms with Crippen LogP contribution in [0.5, 0.6) is 0 Å². The number of aromatic nitrogens is 10. The second kappa shape index (κ2) is 41.0. The molecular formula is C116H93Ir2N10O2S2+. The topological polar surface area (TPSA) is 114 Å². The van der Waals surface area contributed by atoms with Crippen molar-refractivity contribution in [2.75, 3.05) is 0 Å². The van der Waals surface area contributed by atoms with E-state index in [0.717, 1.165) is 81.8 Å². The van der Waals surface area contributed by atoms with Crippen LogP contribution in [0.2, 0.25) is 0 Å². The van der Waals surface area contributed by atoms with Crippen LogP contribution in [-0.4, -0.2) is 39.8 Å². The predicted molar refractivity (Wildman–Crippen MR) is 534 cm³/mol. The Morgan fingerprint density at radius 1 is 0.447 bits per heavy atom. The van der Waals surface area contributed by atoms with Crippen molar-refractivity contribution in [3.63, 3.8) is 0 Å². The van der Waals surface area contributed by atoms with E-state index in [1.165, 1.54) is 138 Å². The molecule has 0 bridgehead atoms. The van der Waals surface area contributed by atoms with Gasteiger partial charge in [-0.3, -0.25) is 9.78 Å². The predicted octanol–water partition coefficient (Wildman–Crippen LogP) is 26.4. The number of aryl methyl sites for hydroxylation is 1. The van der Waals surface area contributed by atoms with Crippen molar-refractivity contribution in [3.8, 4) is 73.5 Å². The molecule has 27 rings (SSSR count). The zero-order chi connectivity index (χ0) is 92.5. The zero-order valence-corrected chi connectivity index (χ0v) is 77.2. The molecule has 0 saturated carbocycles. The van der Waals surface area contributed by atoms with Gasteiger partial charge in [-0.2, -0.15) is 24.9 Å². The summed E-state index contributed by atoms with van der Waals surface area (Å²) in [5, 5.41) is 17.9. The van der Waals surface area contributed by atoms with Crippen molar-refractivity contribution < 1.29 is 78.0 Å². The minimum Gasteiger partial charge on any atom is -0.512 e. The van der Waals surface area contributed by atoms with E-state index in [0.29, 0.717) is 5.56 Å². The van der Waals surface area contributed by atoms with Crippen molar-refractivity contribution in [3.05, 3.63) is 459 Å². The number of thiophene rings is 2. The molecule has 648 valence electrons. The van der Waals surface area contributed by atoms with Crippen LogP contribution in [0.4, 0.5) is 0 Å². The fourth-order valence-electron chi connectivity index (χ4n) is 17.2. The number of ketones is 1. The molecule has 0 atom stereocenters. The number of aliphatic hydroxyl groups is 1. The quantitative estimate of drug-likeness (QED) is 0.0604. The molecule has 2 radical (unpaired) electrons. The van der Waals surface area contributed by atoms with Gasteiger partial charge in [-0.1, -0.05) is 208 Å². The van der Waals surface area contributed by atoms with Gasteiger partial charge in [0.2, 0.25) is 11.4 Å². The first-order chi connectivity index (χ1) is 66.0. The van der Waals surface area contributed by atoms with Crippen LogP contribution in [0, 0.1) is 25.1 Å². The van der Waals surface area contributed by atoms with Gasteiger partial charge in [0.15, 0.2) is 48.0 Å². The first-order valence-corrected chi connectivity index (χ1v) is 43.8. The molecule has 0 aliphatic carbocycles. The van der Waals surface area contributed by atoms with Crippen molar-refractivity contribution in [2.24, 2.45) is 0 Å². The van der Waals surface area contributed by atoms with Gasteiger partial charge in [0.1, 0.15) is 18.6 Å². The normalized spacial score (nSPS) is 12.2. The SMILES string of the molecule is C.C.CC(=O)C=C(C)O.Cc1cc[n+]2c(n1)-c1ccccc1C2.[2H]c1c[n+]2c(c([2H])c1[2H])-c1c([2H])c([2H])c([2H])c([2H])c1C2.[Ir].[Ir].[c-]1ccc2c(sc3ccccc32)c1-c1ccccn1.[c-]1ccccc1-c1ccccn1.[c-]1ccccc1-c1nc2ccccc2n1-c1ccccc1.c1cc2c3c(c1)c1ccccc1n1c4ccccc4[n+](c31)C2.c1cc[n+]2c(c1)-c1c(ccc3c1sc1ccccc13)C2. The smallest absolute Gasteiger partial charge is 0.331 e. The molecule has 23 aromatic rings. The number of fused-ring (bicyclic) bond motifs is 23. The molecule has 0 unspecified atom stereocenters. The Balaban J connectivity index is 0.000000116. The third-order valence-corrected chi connectivity index (χ3v) is 25.2. The summed E-state index contributed by atoms with van der Waals surface area (Å²) in [5.41, 5.74) is 23.9. The largest absolute Gasteiger partial charge is 0.512 e. The Kier molecular flexibility index (Phi) is 25.5. The summed E-state index contributed by atoms with van der Waals surface area (Å²) in [5.74, 6) is 1.95. The molecule has 0 fully saturated rings. The molecule has 132 heavy (non-hydrogen) atoms. The monoisotopic (exact) mass is 2110 g/mol. The number of carbonyl (C=O) groups is 1. The zero-order valence-electron chi connectivity index (χ0n) is 77.8. The summed E-state index contributed by atoms with van der Waals surface area (Å²) < 4.78 is 73.1. The minimum atomic E-state index is -0.344. The molecule has 0 saturated heterocycles. The number of para-hydroxylation sites is 6. The molecule has 4 aliphatic rings. The van der Waals surface area contributed by atoms with Crippen LogP contribution < -0.4 is 18.3 Å². The van der Waals surface area contributed by atoms with Gasteiger partial charge in [0.05, 0.1) is 60.5 Å². The number of hydrogen-bond acceptors (Lipinski definition) is 8. The number of allylic oxidation sites excluding steroid dienone is 2. The maximum absolute atomic E-state index is 10.0. The first-order valence-electron chi connectivity index (χ1n) is 45.7. The van der Waals surface area contributed by atoms with E-state index >= 15 is 0 Å². The summed E-state index contributed by atoms with van der Waals surface area (Å²) in [6.07, 6.45) is 10.5. The number of pyridine rings is 5. The Morgan fingerprint density at radius 3 is 1.79 bits per heavy atom.